The van der Waals surface area contributed by atoms with Crippen molar-refractivity contribution in [3.63, 3.8) is 0 Å². The molecule has 9 rings (SSSR count). The fraction of sp³-hybridized carbons (Fsp3) is 0.323. The third-order valence-corrected chi connectivity index (χ3v) is 14.0. The summed E-state index contributed by atoms with van der Waals surface area (Å²) in [6.45, 7) is 34.8. The SMILES string of the molecule is CC(C)(C)c1ccc(-c2cccc(-c3cc(B4c5ccc(C(C)(C)C)cc5-c5cc(C(C)(C)C)cc6c7cc(C(C)(C)C)ccc7n4c56)cc(-c4ccc(C(C)(C)C)cc4)c3)c2)cc1. The predicted octanol–water partition coefficient (Wildman–Crippen LogP) is 15.9. The van der Waals surface area contributed by atoms with Gasteiger partial charge < -0.3 is 4.48 Å². The van der Waals surface area contributed by atoms with Gasteiger partial charge in [-0.05, 0) is 141 Å². The second kappa shape index (κ2) is 15.0. The number of benzene rings is 7. The van der Waals surface area contributed by atoms with Crippen molar-refractivity contribution in [1.29, 1.82) is 0 Å². The molecule has 2 heteroatoms. The first-order chi connectivity index (χ1) is 29.9. The summed E-state index contributed by atoms with van der Waals surface area (Å²) in [6.07, 6.45) is 0. The summed E-state index contributed by atoms with van der Waals surface area (Å²) in [5, 5.41) is 2.68. The minimum Gasteiger partial charge on any atom is -0.375 e. The summed E-state index contributed by atoms with van der Waals surface area (Å²) in [7, 11) is 0. The quantitative estimate of drug-likeness (QED) is 0.156. The number of rotatable bonds is 4. The van der Waals surface area contributed by atoms with Gasteiger partial charge in [0, 0.05) is 27.4 Å². The zero-order chi connectivity index (χ0) is 45.9. The van der Waals surface area contributed by atoms with Crippen molar-refractivity contribution < 1.29 is 0 Å². The molecular formula is C62H68BN. The lowest BCUT2D eigenvalue weighted by molar-refractivity contribution is 0.590. The highest BCUT2D eigenvalue weighted by Crippen LogP contribution is 2.44. The molecule has 0 spiro atoms. The van der Waals surface area contributed by atoms with Crippen LogP contribution in [0, 0.1) is 0 Å². The first kappa shape index (κ1) is 43.6. The fourth-order valence-corrected chi connectivity index (χ4v) is 9.86. The molecule has 1 nitrogen and oxygen atoms in total. The van der Waals surface area contributed by atoms with Gasteiger partial charge in [0.15, 0.2) is 0 Å². The van der Waals surface area contributed by atoms with Crippen LogP contribution >= 0.6 is 0 Å². The second-order valence-corrected chi connectivity index (χ2v) is 24.1. The normalized spacial score (nSPS) is 13.5. The highest BCUT2D eigenvalue weighted by molar-refractivity contribution is 6.87. The first-order valence-electron chi connectivity index (χ1n) is 23.6. The molecule has 1 aliphatic heterocycles. The topological polar surface area (TPSA) is 4.93 Å². The molecule has 7 aromatic carbocycles. The van der Waals surface area contributed by atoms with E-state index < -0.39 is 0 Å². The van der Waals surface area contributed by atoms with Crippen LogP contribution in [0.15, 0.2) is 140 Å². The van der Waals surface area contributed by atoms with Gasteiger partial charge in [-0.15, -0.1) is 0 Å². The number of aromatic nitrogens is 1. The van der Waals surface area contributed by atoms with Gasteiger partial charge >= 0.3 is 6.85 Å². The van der Waals surface area contributed by atoms with E-state index in [0.717, 1.165) is 0 Å². The van der Waals surface area contributed by atoms with E-state index >= 15 is 0 Å². The maximum Gasteiger partial charge on any atom is 0.328 e. The maximum absolute atomic E-state index is 2.71. The number of hydrogen-bond acceptors (Lipinski definition) is 0. The Labute approximate surface area is 385 Å². The lowest BCUT2D eigenvalue weighted by Crippen LogP contribution is -2.51. The van der Waals surface area contributed by atoms with Crippen molar-refractivity contribution >= 4 is 39.6 Å². The van der Waals surface area contributed by atoms with Gasteiger partial charge in [-0.1, -0.05) is 207 Å². The van der Waals surface area contributed by atoms with Crippen molar-refractivity contribution in [2.45, 2.75) is 131 Å². The van der Waals surface area contributed by atoms with E-state index in [1.807, 2.05) is 0 Å². The maximum atomic E-state index is 2.71. The molecule has 0 N–H and O–H groups in total. The van der Waals surface area contributed by atoms with Crippen molar-refractivity contribution in [3.05, 3.63) is 167 Å². The highest BCUT2D eigenvalue weighted by Gasteiger charge is 2.37. The molecule has 0 aliphatic carbocycles. The van der Waals surface area contributed by atoms with Gasteiger partial charge in [0.1, 0.15) is 0 Å². The standard InChI is InChI=1S/C62H68BN/c1-58(2,3)45-23-19-39(20-24-45)41-17-16-18-42(31-41)44-32-43(40-21-25-46(26-22-40)59(4,5)6)33-50(34-44)63-55-29-27-47(60(7,8)9)35-51(55)53-37-49(62(13,14)15)38-54-52-36-48(61(10,11)12)28-30-56(52)64(63)57(53)54/h16-38H,1-15H3. The molecule has 64 heavy (non-hydrogen) atoms. The molecule has 0 saturated heterocycles. The Bertz CT molecular complexity index is 3080. The molecule has 324 valence electrons. The molecule has 0 saturated carbocycles. The molecule has 8 aromatic rings. The van der Waals surface area contributed by atoms with Crippen molar-refractivity contribution in [3.8, 4) is 44.5 Å². The molecule has 0 fully saturated rings. The smallest absolute Gasteiger partial charge is 0.328 e. The van der Waals surface area contributed by atoms with E-state index in [4.69, 9.17) is 0 Å². The van der Waals surface area contributed by atoms with Gasteiger partial charge in [0.25, 0.3) is 0 Å². The average Bonchev–Trinajstić information content (AvgIpc) is 3.56. The Morgan fingerprint density at radius 3 is 1.30 bits per heavy atom. The van der Waals surface area contributed by atoms with Crippen LogP contribution in [0.5, 0.6) is 0 Å². The van der Waals surface area contributed by atoms with Crippen LogP contribution in [0.4, 0.5) is 0 Å². The molecule has 0 amide bonds. The van der Waals surface area contributed by atoms with Crippen LogP contribution in [0.1, 0.15) is 132 Å². The van der Waals surface area contributed by atoms with Crippen LogP contribution in [0.2, 0.25) is 0 Å². The minimum atomic E-state index is -0.0573. The molecule has 1 aromatic heterocycles. The summed E-state index contributed by atoms with van der Waals surface area (Å²) in [5.41, 5.74) is 22.3. The summed E-state index contributed by atoms with van der Waals surface area (Å²) in [5.74, 6) is 0. The van der Waals surface area contributed by atoms with E-state index in [-0.39, 0.29) is 33.9 Å². The van der Waals surface area contributed by atoms with Crippen molar-refractivity contribution in [2.75, 3.05) is 0 Å². The lowest BCUT2D eigenvalue weighted by Gasteiger charge is -2.31. The van der Waals surface area contributed by atoms with E-state index in [0.29, 0.717) is 0 Å². The van der Waals surface area contributed by atoms with Crippen LogP contribution < -0.4 is 10.9 Å². The second-order valence-electron chi connectivity index (χ2n) is 24.1. The summed E-state index contributed by atoms with van der Waals surface area (Å²) >= 11 is 0. The summed E-state index contributed by atoms with van der Waals surface area (Å²) in [6, 6.07) is 54.8. The Balaban J connectivity index is 1.35. The van der Waals surface area contributed by atoms with E-state index in [1.54, 1.807) is 0 Å². The minimum absolute atomic E-state index is 0.00142. The number of fused-ring (bicyclic) bond motifs is 5. The third-order valence-electron chi connectivity index (χ3n) is 14.0. The fourth-order valence-electron chi connectivity index (χ4n) is 9.86. The van der Waals surface area contributed by atoms with Crippen LogP contribution in [0.25, 0.3) is 66.3 Å². The van der Waals surface area contributed by atoms with Gasteiger partial charge in [0.2, 0.25) is 0 Å². The zero-order valence-corrected chi connectivity index (χ0v) is 41.3. The van der Waals surface area contributed by atoms with Gasteiger partial charge in [-0.25, -0.2) is 0 Å². The first-order valence-corrected chi connectivity index (χ1v) is 23.6. The monoisotopic (exact) mass is 838 g/mol. The predicted molar refractivity (Wildman–Crippen MR) is 282 cm³/mol. The summed E-state index contributed by atoms with van der Waals surface area (Å²) in [4.78, 5) is 0. The summed E-state index contributed by atoms with van der Waals surface area (Å²) < 4.78 is 2.71. The Morgan fingerprint density at radius 1 is 0.328 bits per heavy atom. The van der Waals surface area contributed by atoms with Crippen LogP contribution in [-0.4, -0.2) is 11.3 Å². The van der Waals surface area contributed by atoms with Gasteiger partial charge in [-0.2, -0.15) is 0 Å². The third kappa shape index (κ3) is 7.86. The van der Waals surface area contributed by atoms with E-state index in [9.17, 15) is 0 Å². The molecule has 1 aliphatic rings. The molecule has 0 bridgehead atoms. The lowest BCUT2D eigenvalue weighted by atomic mass is 9.47. The molecule has 0 unspecified atom stereocenters. The highest BCUT2D eigenvalue weighted by atomic mass is 14.9. The Hall–Kier alpha value is -5.60. The van der Waals surface area contributed by atoms with Crippen LogP contribution in [-0.2, 0) is 27.1 Å². The molecule has 2 heterocycles. The Morgan fingerprint density at radius 2 is 0.750 bits per heavy atom. The van der Waals surface area contributed by atoms with E-state index in [2.05, 4.69) is 248 Å². The van der Waals surface area contributed by atoms with Crippen molar-refractivity contribution in [1.82, 2.24) is 4.48 Å². The molecule has 0 radical (unpaired) electrons. The van der Waals surface area contributed by atoms with Gasteiger partial charge in [0.05, 0.1) is 0 Å². The van der Waals surface area contributed by atoms with Crippen molar-refractivity contribution in [2.24, 2.45) is 0 Å². The zero-order valence-electron chi connectivity index (χ0n) is 41.3. The largest absolute Gasteiger partial charge is 0.375 e. The number of hydrogen-bond donors (Lipinski definition) is 0. The Kier molecular flexibility index (Phi) is 10.2. The van der Waals surface area contributed by atoms with Gasteiger partial charge in [-0.3, -0.25) is 0 Å². The molecular weight excluding hydrogens is 770 g/mol. The average molecular weight is 838 g/mol. The van der Waals surface area contributed by atoms with Crippen LogP contribution in [0.3, 0.4) is 0 Å². The van der Waals surface area contributed by atoms with E-state index in [1.165, 1.54) is 105 Å². The number of nitrogens with zero attached hydrogens (tertiary/aromatic N) is 1. The molecule has 0 atom stereocenters.